The molecule has 0 spiro atoms. The van der Waals surface area contributed by atoms with E-state index in [2.05, 4.69) is 25.6 Å². The van der Waals surface area contributed by atoms with Gasteiger partial charge in [-0.3, -0.25) is 0 Å². The maximum Gasteiger partial charge on any atom is 0.405 e. The zero-order valence-corrected chi connectivity index (χ0v) is 14.5. The highest BCUT2D eigenvalue weighted by atomic mass is 19.4. The highest BCUT2D eigenvalue weighted by Crippen LogP contribution is 2.18. The second-order valence-corrected chi connectivity index (χ2v) is 5.81. The molecule has 28 heavy (non-hydrogen) atoms. The zero-order valence-electron chi connectivity index (χ0n) is 14.5. The van der Waals surface area contributed by atoms with Crippen molar-refractivity contribution in [3.63, 3.8) is 0 Å². The van der Waals surface area contributed by atoms with Crippen molar-refractivity contribution in [2.24, 2.45) is 0 Å². The Morgan fingerprint density at radius 3 is 2.86 bits per heavy atom. The first-order valence-electron chi connectivity index (χ1n) is 8.15. The van der Waals surface area contributed by atoms with Crippen molar-refractivity contribution in [3.05, 3.63) is 54.4 Å². The standard InChI is InChI=1S/C17H17F3N8/c18-17(19,20)10-23-7-12(5-21)13-8-25-15(22)16(27-13)26-6-11-1-2-14-24-3-4-28(14)9-11/h1-5,7-9,21,23H,6,10H2,(H2,22,25)(H,26,27)/b12-7+,21-5?. The third-order valence-electron chi connectivity index (χ3n) is 3.72. The quantitative estimate of drug-likeness (QED) is 0.461. The van der Waals surface area contributed by atoms with E-state index >= 15 is 0 Å². The molecule has 0 atom stereocenters. The van der Waals surface area contributed by atoms with Crippen LogP contribution in [0.4, 0.5) is 24.8 Å². The van der Waals surface area contributed by atoms with Gasteiger partial charge in [-0.1, -0.05) is 6.07 Å². The number of hydrogen-bond donors (Lipinski definition) is 4. The normalized spacial score (nSPS) is 12.2. The molecular formula is C17H17F3N8. The lowest BCUT2D eigenvalue weighted by Gasteiger charge is -2.11. The minimum absolute atomic E-state index is 0.139. The molecule has 3 aromatic heterocycles. The number of anilines is 2. The van der Waals surface area contributed by atoms with Crippen LogP contribution in [0.25, 0.3) is 11.2 Å². The molecule has 0 amide bonds. The molecule has 0 saturated heterocycles. The van der Waals surface area contributed by atoms with Gasteiger partial charge < -0.3 is 26.2 Å². The summed E-state index contributed by atoms with van der Waals surface area (Å²) < 4.78 is 38.6. The molecule has 0 aliphatic rings. The number of hydrogen-bond acceptors (Lipinski definition) is 7. The van der Waals surface area contributed by atoms with Crippen LogP contribution in [0.5, 0.6) is 0 Å². The zero-order chi connectivity index (χ0) is 20.1. The fourth-order valence-corrected chi connectivity index (χ4v) is 2.39. The van der Waals surface area contributed by atoms with Crippen molar-refractivity contribution in [1.29, 1.82) is 5.41 Å². The van der Waals surface area contributed by atoms with Crippen molar-refractivity contribution in [2.75, 3.05) is 17.6 Å². The number of aromatic nitrogens is 4. The van der Waals surface area contributed by atoms with Crippen LogP contribution < -0.4 is 16.4 Å². The first-order chi connectivity index (χ1) is 13.4. The van der Waals surface area contributed by atoms with Crippen LogP contribution in [0.15, 0.2) is 43.1 Å². The molecule has 0 radical (unpaired) electrons. The fraction of sp³-hybridized carbons (Fsp3) is 0.176. The van der Waals surface area contributed by atoms with Gasteiger partial charge in [0.05, 0.1) is 11.9 Å². The molecular weight excluding hydrogens is 373 g/mol. The second-order valence-electron chi connectivity index (χ2n) is 5.81. The van der Waals surface area contributed by atoms with Crippen LogP contribution in [0.1, 0.15) is 11.3 Å². The second kappa shape index (κ2) is 7.94. The first-order valence-corrected chi connectivity index (χ1v) is 8.15. The Bertz CT molecular complexity index is 1010. The van der Waals surface area contributed by atoms with E-state index < -0.39 is 12.7 Å². The molecule has 5 N–H and O–H groups in total. The van der Waals surface area contributed by atoms with Gasteiger partial charge in [0.1, 0.15) is 12.2 Å². The smallest absolute Gasteiger partial charge is 0.382 e. The van der Waals surface area contributed by atoms with Gasteiger partial charge in [-0.05, 0) is 11.6 Å². The lowest BCUT2D eigenvalue weighted by Crippen LogP contribution is -2.25. The number of alkyl halides is 3. The van der Waals surface area contributed by atoms with Gasteiger partial charge >= 0.3 is 6.18 Å². The first kappa shape index (κ1) is 19.1. The number of nitrogens with one attached hydrogen (secondary N) is 3. The summed E-state index contributed by atoms with van der Waals surface area (Å²) in [6.07, 6.45) is 4.30. The SMILES string of the molecule is N=C/C(=C\NCC(F)(F)F)c1cnc(N)c(NCc2ccc3nccn3c2)n1. The Morgan fingerprint density at radius 2 is 2.11 bits per heavy atom. The van der Waals surface area contributed by atoms with E-state index in [0.717, 1.165) is 23.6 Å². The Labute approximate surface area is 157 Å². The highest BCUT2D eigenvalue weighted by Gasteiger charge is 2.25. The van der Waals surface area contributed by atoms with Gasteiger partial charge in [-0.25, -0.2) is 15.0 Å². The maximum atomic E-state index is 12.3. The molecule has 3 heterocycles. The molecule has 8 nitrogen and oxygen atoms in total. The van der Waals surface area contributed by atoms with Gasteiger partial charge in [0.15, 0.2) is 11.6 Å². The number of nitrogen functional groups attached to an aromatic ring is 1. The van der Waals surface area contributed by atoms with Crippen LogP contribution >= 0.6 is 0 Å². The van der Waals surface area contributed by atoms with Crippen molar-refractivity contribution >= 4 is 29.1 Å². The van der Waals surface area contributed by atoms with E-state index in [1.54, 1.807) is 6.20 Å². The number of allylic oxidation sites excluding steroid dienone is 1. The van der Waals surface area contributed by atoms with E-state index in [1.165, 1.54) is 6.20 Å². The summed E-state index contributed by atoms with van der Waals surface area (Å²) in [5, 5.41) is 12.6. The van der Waals surface area contributed by atoms with Gasteiger partial charge in [-0.2, -0.15) is 13.2 Å². The van der Waals surface area contributed by atoms with Gasteiger partial charge in [0.25, 0.3) is 0 Å². The number of imidazole rings is 1. The van der Waals surface area contributed by atoms with Crippen molar-refractivity contribution in [1.82, 2.24) is 24.7 Å². The largest absolute Gasteiger partial charge is 0.405 e. The van der Waals surface area contributed by atoms with Crippen molar-refractivity contribution in [3.8, 4) is 0 Å². The van der Waals surface area contributed by atoms with E-state index in [1.807, 2.05) is 28.9 Å². The predicted molar refractivity (Wildman–Crippen MR) is 99.8 cm³/mol. The molecule has 3 rings (SSSR count). The molecule has 0 saturated carbocycles. The predicted octanol–water partition coefficient (Wildman–Crippen LogP) is 2.46. The Hall–Kier alpha value is -3.63. The lowest BCUT2D eigenvalue weighted by molar-refractivity contribution is -0.122. The molecule has 0 fully saturated rings. The number of rotatable bonds is 7. The van der Waals surface area contributed by atoms with Gasteiger partial charge in [0.2, 0.25) is 0 Å². The van der Waals surface area contributed by atoms with Crippen LogP contribution in [0.2, 0.25) is 0 Å². The summed E-state index contributed by atoms with van der Waals surface area (Å²) in [6.45, 7) is -0.818. The van der Waals surface area contributed by atoms with Crippen LogP contribution in [-0.2, 0) is 6.54 Å². The van der Waals surface area contributed by atoms with E-state index in [9.17, 15) is 13.2 Å². The van der Waals surface area contributed by atoms with Crippen molar-refractivity contribution in [2.45, 2.75) is 12.7 Å². The van der Waals surface area contributed by atoms with Crippen LogP contribution in [0, 0.1) is 5.41 Å². The summed E-state index contributed by atoms with van der Waals surface area (Å²) in [4.78, 5) is 12.4. The summed E-state index contributed by atoms with van der Waals surface area (Å²) in [7, 11) is 0. The molecule has 0 aliphatic carbocycles. The Morgan fingerprint density at radius 1 is 1.29 bits per heavy atom. The molecule has 0 unspecified atom stereocenters. The summed E-state index contributed by atoms with van der Waals surface area (Å²) in [5.74, 6) is 0.409. The molecule has 0 aliphatic heterocycles. The van der Waals surface area contributed by atoms with Gasteiger partial charge in [-0.15, -0.1) is 0 Å². The van der Waals surface area contributed by atoms with Crippen molar-refractivity contribution < 1.29 is 13.2 Å². The number of fused-ring (bicyclic) bond motifs is 1. The Kier molecular flexibility index (Phi) is 5.43. The summed E-state index contributed by atoms with van der Waals surface area (Å²) in [6, 6.07) is 3.76. The minimum Gasteiger partial charge on any atom is -0.382 e. The fourth-order valence-electron chi connectivity index (χ4n) is 2.39. The molecule has 0 aromatic carbocycles. The highest BCUT2D eigenvalue weighted by molar-refractivity contribution is 6.07. The maximum absolute atomic E-state index is 12.3. The number of halogens is 3. The summed E-state index contributed by atoms with van der Waals surface area (Å²) >= 11 is 0. The van der Waals surface area contributed by atoms with E-state index in [0.29, 0.717) is 6.54 Å². The molecule has 0 bridgehead atoms. The third kappa shape index (κ3) is 4.75. The molecule has 146 valence electrons. The van der Waals surface area contributed by atoms with E-state index in [4.69, 9.17) is 11.1 Å². The van der Waals surface area contributed by atoms with E-state index in [-0.39, 0.29) is 22.9 Å². The summed E-state index contributed by atoms with van der Waals surface area (Å²) in [5.41, 5.74) is 7.94. The van der Waals surface area contributed by atoms with Crippen LogP contribution in [-0.4, -0.2) is 38.3 Å². The average Bonchev–Trinajstić information content (AvgIpc) is 3.12. The monoisotopic (exact) mass is 390 g/mol. The topological polar surface area (TPSA) is 117 Å². The minimum atomic E-state index is -4.36. The number of pyridine rings is 1. The Balaban J connectivity index is 1.74. The average molecular weight is 390 g/mol. The molecule has 3 aromatic rings. The molecule has 11 heteroatoms. The van der Waals surface area contributed by atoms with Crippen LogP contribution in [0.3, 0.4) is 0 Å². The lowest BCUT2D eigenvalue weighted by atomic mass is 10.2. The van der Waals surface area contributed by atoms with Gasteiger partial charge in [0, 0.05) is 43.1 Å². The third-order valence-corrected chi connectivity index (χ3v) is 3.72. The number of nitrogens with zero attached hydrogens (tertiary/aromatic N) is 4. The number of nitrogens with two attached hydrogens (primary N) is 1.